The second-order valence-corrected chi connectivity index (χ2v) is 9.73. The van der Waals surface area contributed by atoms with Crippen LogP contribution in [-0.2, 0) is 21.4 Å². The van der Waals surface area contributed by atoms with Crippen LogP contribution < -0.4 is 5.32 Å². The number of nitrogens with one attached hydrogen (secondary N) is 1. The molecule has 0 unspecified atom stereocenters. The fourth-order valence-corrected chi connectivity index (χ4v) is 5.51. The smallest absolute Gasteiger partial charge is 0.243 e. The van der Waals surface area contributed by atoms with Crippen molar-refractivity contribution < 1.29 is 13.2 Å². The standard InChI is InChI=1S/C23H27N3O3S/c1-18(23(27)24-17-19-8-4-2-5-9-19)26-15-12-20-16-21(10-11-22(20)26)30(28,29)25-13-6-3-7-14-25/h2,4-5,8-12,15-16,18H,3,6-7,13-14,17H2,1H3,(H,24,27)/t18-/m0/s1. The maximum atomic E-state index is 13.0. The van der Waals surface area contributed by atoms with E-state index in [9.17, 15) is 13.2 Å². The number of hydrogen-bond donors (Lipinski definition) is 1. The second kappa shape index (κ2) is 8.62. The molecule has 1 aromatic heterocycles. The number of nitrogens with zero attached hydrogens (tertiary/aromatic N) is 2. The Balaban J connectivity index is 1.52. The largest absolute Gasteiger partial charge is 0.350 e. The van der Waals surface area contributed by atoms with Crippen LogP contribution in [0.25, 0.3) is 10.9 Å². The number of sulfonamides is 1. The van der Waals surface area contributed by atoms with Gasteiger partial charge in [0.2, 0.25) is 15.9 Å². The molecule has 4 rings (SSSR count). The van der Waals surface area contributed by atoms with Crippen LogP contribution in [-0.4, -0.2) is 36.3 Å². The van der Waals surface area contributed by atoms with E-state index in [1.165, 1.54) is 0 Å². The van der Waals surface area contributed by atoms with E-state index in [0.717, 1.165) is 35.7 Å². The summed E-state index contributed by atoms with van der Waals surface area (Å²) in [6.07, 6.45) is 4.74. The monoisotopic (exact) mass is 425 g/mol. The third kappa shape index (κ3) is 4.13. The number of aromatic nitrogens is 1. The molecule has 30 heavy (non-hydrogen) atoms. The van der Waals surface area contributed by atoms with Crippen LogP contribution in [0.15, 0.2) is 65.7 Å². The number of rotatable bonds is 6. The van der Waals surface area contributed by atoms with Gasteiger partial charge in [0.1, 0.15) is 6.04 Å². The van der Waals surface area contributed by atoms with Gasteiger partial charge in [0.15, 0.2) is 0 Å². The normalized spacial score (nSPS) is 16.4. The van der Waals surface area contributed by atoms with Crippen molar-refractivity contribution in [2.75, 3.05) is 13.1 Å². The van der Waals surface area contributed by atoms with E-state index in [2.05, 4.69) is 5.32 Å². The first-order valence-corrected chi connectivity index (χ1v) is 11.8. The molecule has 1 amide bonds. The minimum Gasteiger partial charge on any atom is -0.350 e. The van der Waals surface area contributed by atoms with Gasteiger partial charge in [-0.05, 0) is 49.6 Å². The quantitative estimate of drug-likeness (QED) is 0.655. The molecule has 2 heterocycles. The summed E-state index contributed by atoms with van der Waals surface area (Å²) in [5.74, 6) is -0.0821. The molecule has 1 aliphatic rings. The summed E-state index contributed by atoms with van der Waals surface area (Å²) >= 11 is 0. The number of fused-ring (bicyclic) bond motifs is 1. The second-order valence-electron chi connectivity index (χ2n) is 7.79. The highest BCUT2D eigenvalue weighted by molar-refractivity contribution is 7.89. The highest BCUT2D eigenvalue weighted by Gasteiger charge is 2.26. The van der Waals surface area contributed by atoms with E-state index < -0.39 is 16.1 Å². The first-order chi connectivity index (χ1) is 14.5. The van der Waals surface area contributed by atoms with E-state index in [4.69, 9.17) is 0 Å². The molecule has 158 valence electrons. The summed E-state index contributed by atoms with van der Waals surface area (Å²) in [7, 11) is -3.48. The molecule has 0 bridgehead atoms. The van der Waals surface area contributed by atoms with Crippen LogP contribution in [0.5, 0.6) is 0 Å². The fraction of sp³-hybridized carbons (Fsp3) is 0.348. The van der Waals surface area contributed by atoms with Crippen LogP contribution >= 0.6 is 0 Å². The number of amides is 1. The van der Waals surface area contributed by atoms with Gasteiger partial charge in [-0.1, -0.05) is 36.8 Å². The van der Waals surface area contributed by atoms with E-state index in [1.807, 2.05) is 54.1 Å². The van der Waals surface area contributed by atoms with Gasteiger partial charge in [-0.15, -0.1) is 0 Å². The Hall–Kier alpha value is -2.64. The van der Waals surface area contributed by atoms with Crippen molar-refractivity contribution in [2.24, 2.45) is 0 Å². The molecule has 1 N–H and O–H groups in total. The third-order valence-electron chi connectivity index (χ3n) is 5.75. The minimum atomic E-state index is -3.48. The van der Waals surface area contributed by atoms with Gasteiger partial charge >= 0.3 is 0 Å². The molecule has 2 aromatic carbocycles. The Labute approximate surface area is 177 Å². The van der Waals surface area contributed by atoms with Crippen molar-refractivity contribution in [2.45, 2.75) is 43.7 Å². The topological polar surface area (TPSA) is 71.4 Å². The van der Waals surface area contributed by atoms with Crippen LogP contribution in [0.3, 0.4) is 0 Å². The molecule has 1 atom stereocenters. The molecule has 1 fully saturated rings. The summed E-state index contributed by atoms with van der Waals surface area (Å²) in [5, 5.41) is 3.78. The predicted octanol–water partition coefficient (Wildman–Crippen LogP) is 3.69. The zero-order valence-electron chi connectivity index (χ0n) is 17.1. The average molecular weight is 426 g/mol. The molecule has 1 aliphatic heterocycles. The Morgan fingerprint density at radius 3 is 2.50 bits per heavy atom. The van der Waals surface area contributed by atoms with Crippen molar-refractivity contribution in [3.8, 4) is 0 Å². The van der Waals surface area contributed by atoms with Crippen molar-refractivity contribution in [3.05, 3.63) is 66.4 Å². The van der Waals surface area contributed by atoms with E-state index in [-0.39, 0.29) is 5.91 Å². The summed E-state index contributed by atoms with van der Waals surface area (Å²) in [5.41, 5.74) is 1.89. The Morgan fingerprint density at radius 1 is 1.03 bits per heavy atom. The van der Waals surface area contributed by atoms with Crippen molar-refractivity contribution in [3.63, 3.8) is 0 Å². The number of carbonyl (C=O) groups is 1. The maximum absolute atomic E-state index is 13.0. The lowest BCUT2D eigenvalue weighted by Gasteiger charge is -2.26. The maximum Gasteiger partial charge on any atom is 0.243 e. The molecule has 1 saturated heterocycles. The average Bonchev–Trinajstić information content (AvgIpc) is 3.21. The van der Waals surface area contributed by atoms with Crippen LogP contribution in [0.1, 0.15) is 37.8 Å². The first-order valence-electron chi connectivity index (χ1n) is 10.4. The first kappa shape index (κ1) is 20.6. The van der Waals surface area contributed by atoms with Gasteiger partial charge in [-0.25, -0.2) is 8.42 Å². The van der Waals surface area contributed by atoms with Crippen LogP contribution in [0.2, 0.25) is 0 Å². The molecule has 0 spiro atoms. The van der Waals surface area contributed by atoms with Gasteiger partial charge < -0.3 is 9.88 Å². The summed E-state index contributed by atoms with van der Waals surface area (Å²) < 4.78 is 29.4. The molecule has 7 heteroatoms. The fourth-order valence-electron chi connectivity index (χ4n) is 3.95. The Morgan fingerprint density at radius 2 is 1.77 bits per heavy atom. The Kier molecular flexibility index (Phi) is 5.92. The number of hydrogen-bond acceptors (Lipinski definition) is 3. The van der Waals surface area contributed by atoms with Gasteiger partial charge in [-0.2, -0.15) is 4.31 Å². The van der Waals surface area contributed by atoms with Gasteiger partial charge in [-0.3, -0.25) is 4.79 Å². The Bertz CT molecular complexity index is 1130. The molecule has 0 saturated carbocycles. The highest BCUT2D eigenvalue weighted by Crippen LogP contribution is 2.26. The molecular weight excluding hydrogens is 398 g/mol. The van der Waals surface area contributed by atoms with Crippen molar-refractivity contribution in [1.29, 1.82) is 0 Å². The predicted molar refractivity (Wildman–Crippen MR) is 118 cm³/mol. The SMILES string of the molecule is C[C@@H](C(=O)NCc1ccccc1)n1ccc2cc(S(=O)(=O)N3CCCCC3)ccc21. The highest BCUT2D eigenvalue weighted by atomic mass is 32.2. The summed E-state index contributed by atoms with van der Waals surface area (Å²) in [6, 6.07) is 16.4. The summed E-state index contributed by atoms with van der Waals surface area (Å²) in [4.78, 5) is 13.0. The van der Waals surface area contributed by atoms with Gasteiger partial charge in [0.05, 0.1) is 4.90 Å². The molecule has 0 aliphatic carbocycles. The summed E-state index contributed by atoms with van der Waals surface area (Å²) in [6.45, 7) is 3.49. The molecule has 6 nitrogen and oxygen atoms in total. The lowest BCUT2D eigenvalue weighted by atomic mass is 10.2. The van der Waals surface area contributed by atoms with E-state index in [0.29, 0.717) is 24.5 Å². The van der Waals surface area contributed by atoms with Crippen molar-refractivity contribution >= 4 is 26.8 Å². The lowest BCUT2D eigenvalue weighted by Crippen LogP contribution is -2.35. The third-order valence-corrected chi connectivity index (χ3v) is 7.65. The minimum absolute atomic E-state index is 0.0821. The van der Waals surface area contributed by atoms with Gasteiger partial charge in [0.25, 0.3) is 0 Å². The zero-order chi connectivity index (χ0) is 21.1. The number of carbonyl (C=O) groups excluding carboxylic acids is 1. The van der Waals surface area contributed by atoms with Crippen LogP contribution in [0.4, 0.5) is 0 Å². The van der Waals surface area contributed by atoms with E-state index >= 15 is 0 Å². The lowest BCUT2D eigenvalue weighted by molar-refractivity contribution is -0.123. The van der Waals surface area contributed by atoms with Crippen molar-refractivity contribution in [1.82, 2.24) is 14.2 Å². The molecule has 3 aromatic rings. The van der Waals surface area contributed by atoms with Crippen LogP contribution in [0, 0.1) is 0 Å². The molecular formula is C23H27N3O3S. The number of piperidine rings is 1. The number of benzene rings is 2. The molecule has 0 radical (unpaired) electrons. The van der Waals surface area contributed by atoms with E-state index in [1.54, 1.807) is 22.5 Å². The van der Waals surface area contributed by atoms with Gasteiger partial charge in [0, 0.05) is 36.7 Å². The zero-order valence-corrected chi connectivity index (χ0v) is 17.9.